The zero-order valence-corrected chi connectivity index (χ0v) is 18.3. The lowest BCUT2D eigenvalue weighted by Crippen LogP contribution is -2.46. The fraction of sp³-hybridized carbons (Fsp3) is 1.00. The SMILES string of the molecule is CCCCCCC(OCCCCC)(OCCC(C)C)OC(C)(C)CC. The molecule has 25 heavy (non-hydrogen) atoms. The Balaban J connectivity index is 4.99. The minimum atomic E-state index is -0.879. The molecule has 0 bridgehead atoms. The van der Waals surface area contributed by atoms with Crippen molar-refractivity contribution >= 4 is 0 Å². The van der Waals surface area contributed by atoms with Crippen molar-refractivity contribution in [3.8, 4) is 0 Å². The van der Waals surface area contributed by atoms with E-state index in [-0.39, 0.29) is 5.60 Å². The van der Waals surface area contributed by atoms with Crippen LogP contribution < -0.4 is 0 Å². The molecule has 1 unspecified atom stereocenters. The van der Waals surface area contributed by atoms with Crippen LogP contribution in [0.25, 0.3) is 0 Å². The third kappa shape index (κ3) is 12.8. The molecular formula is C22H46O3. The van der Waals surface area contributed by atoms with E-state index in [1.165, 1.54) is 32.1 Å². The van der Waals surface area contributed by atoms with Gasteiger partial charge in [0.15, 0.2) is 0 Å². The minimum absolute atomic E-state index is 0.243. The summed E-state index contributed by atoms with van der Waals surface area (Å²) < 4.78 is 19.1. The van der Waals surface area contributed by atoms with Gasteiger partial charge in [0.05, 0.1) is 18.8 Å². The summed E-state index contributed by atoms with van der Waals surface area (Å²) >= 11 is 0. The summed E-state index contributed by atoms with van der Waals surface area (Å²) in [4.78, 5) is 0. The lowest BCUT2D eigenvalue weighted by molar-refractivity contribution is -0.411. The highest BCUT2D eigenvalue weighted by Crippen LogP contribution is 2.31. The molecule has 0 saturated carbocycles. The Kier molecular flexibility index (Phi) is 13.9. The van der Waals surface area contributed by atoms with Gasteiger partial charge in [0.1, 0.15) is 0 Å². The molecule has 0 N–H and O–H groups in total. The van der Waals surface area contributed by atoms with Crippen molar-refractivity contribution in [3.63, 3.8) is 0 Å². The van der Waals surface area contributed by atoms with E-state index in [0.717, 1.165) is 32.1 Å². The Labute approximate surface area is 158 Å². The largest absolute Gasteiger partial charge is 0.327 e. The highest BCUT2D eigenvalue weighted by Gasteiger charge is 2.38. The Morgan fingerprint density at radius 3 is 1.92 bits per heavy atom. The van der Waals surface area contributed by atoms with E-state index < -0.39 is 5.97 Å². The van der Waals surface area contributed by atoms with Gasteiger partial charge in [0, 0.05) is 6.42 Å². The minimum Gasteiger partial charge on any atom is -0.327 e. The molecule has 0 radical (unpaired) electrons. The maximum atomic E-state index is 6.47. The zero-order chi connectivity index (χ0) is 19.2. The molecule has 0 aromatic heterocycles. The molecule has 0 heterocycles. The highest BCUT2D eigenvalue weighted by atomic mass is 16.9. The predicted octanol–water partition coefficient (Wildman–Crippen LogP) is 7.09. The summed E-state index contributed by atoms with van der Waals surface area (Å²) in [6, 6.07) is 0. The lowest BCUT2D eigenvalue weighted by atomic mass is 10.1. The molecule has 0 fully saturated rings. The van der Waals surface area contributed by atoms with Crippen molar-refractivity contribution in [2.24, 2.45) is 5.92 Å². The van der Waals surface area contributed by atoms with E-state index in [2.05, 4.69) is 48.5 Å². The zero-order valence-electron chi connectivity index (χ0n) is 18.3. The van der Waals surface area contributed by atoms with Gasteiger partial charge >= 0.3 is 0 Å². The van der Waals surface area contributed by atoms with E-state index in [1.807, 2.05) is 0 Å². The van der Waals surface area contributed by atoms with Gasteiger partial charge in [-0.2, -0.15) is 0 Å². The second-order valence-corrected chi connectivity index (χ2v) is 8.30. The van der Waals surface area contributed by atoms with Crippen molar-refractivity contribution < 1.29 is 14.2 Å². The Morgan fingerprint density at radius 2 is 1.36 bits per heavy atom. The fourth-order valence-electron chi connectivity index (χ4n) is 2.59. The summed E-state index contributed by atoms with van der Waals surface area (Å²) in [5.74, 6) is -0.257. The predicted molar refractivity (Wildman–Crippen MR) is 108 cm³/mol. The summed E-state index contributed by atoms with van der Waals surface area (Å²) in [5, 5.41) is 0. The molecule has 0 aliphatic carbocycles. The van der Waals surface area contributed by atoms with Gasteiger partial charge in [-0.1, -0.05) is 66.7 Å². The number of hydrogen-bond acceptors (Lipinski definition) is 3. The van der Waals surface area contributed by atoms with Crippen LogP contribution in [0.1, 0.15) is 113 Å². The molecule has 0 amide bonds. The van der Waals surface area contributed by atoms with E-state index >= 15 is 0 Å². The summed E-state index contributed by atoms with van der Waals surface area (Å²) in [7, 11) is 0. The third-order valence-electron chi connectivity index (χ3n) is 4.71. The Hall–Kier alpha value is -0.120. The standard InChI is InChI=1S/C22H46O3/c1-8-11-13-14-17-22(23-18-15-12-9-2,24-19-16-20(4)5)25-21(6,7)10-3/h20H,8-19H2,1-7H3. The molecule has 0 aliphatic heterocycles. The highest BCUT2D eigenvalue weighted by molar-refractivity contribution is 4.71. The van der Waals surface area contributed by atoms with Gasteiger partial charge in [-0.05, 0) is 45.4 Å². The van der Waals surface area contributed by atoms with Crippen molar-refractivity contribution in [1.82, 2.24) is 0 Å². The molecule has 0 saturated heterocycles. The second kappa shape index (κ2) is 14.0. The van der Waals surface area contributed by atoms with Gasteiger partial charge in [-0.15, -0.1) is 0 Å². The molecule has 0 rings (SSSR count). The molecule has 152 valence electrons. The molecular weight excluding hydrogens is 312 g/mol. The first-order valence-electron chi connectivity index (χ1n) is 10.8. The summed E-state index contributed by atoms with van der Waals surface area (Å²) in [6.45, 7) is 16.7. The summed E-state index contributed by atoms with van der Waals surface area (Å²) in [5.41, 5.74) is -0.243. The maximum Gasteiger partial charge on any atom is 0.283 e. The second-order valence-electron chi connectivity index (χ2n) is 8.30. The van der Waals surface area contributed by atoms with E-state index in [9.17, 15) is 0 Å². The topological polar surface area (TPSA) is 27.7 Å². The van der Waals surface area contributed by atoms with Gasteiger partial charge in [0.2, 0.25) is 0 Å². The summed E-state index contributed by atoms with van der Waals surface area (Å²) in [6.07, 6.45) is 11.0. The van der Waals surface area contributed by atoms with E-state index in [0.29, 0.717) is 19.1 Å². The molecule has 3 nitrogen and oxygen atoms in total. The number of rotatable bonds is 17. The van der Waals surface area contributed by atoms with E-state index in [4.69, 9.17) is 14.2 Å². The molecule has 1 atom stereocenters. The van der Waals surface area contributed by atoms with Crippen LogP contribution in [0.4, 0.5) is 0 Å². The third-order valence-corrected chi connectivity index (χ3v) is 4.71. The van der Waals surface area contributed by atoms with Gasteiger partial charge in [-0.25, -0.2) is 0 Å². The van der Waals surface area contributed by atoms with Crippen LogP contribution in [-0.2, 0) is 14.2 Å². The monoisotopic (exact) mass is 358 g/mol. The molecule has 3 heteroatoms. The van der Waals surface area contributed by atoms with Crippen molar-refractivity contribution in [1.29, 1.82) is 0 Å². The maximum absolute atomic E-state index is 6.47. The average molecular weight is 359 g/mol. The van der Waals surface area contributed by atoms with Crippen molar-refractivity contribution in [3.05, 3.63) is 0 Å². The van der Waals surface area contributed by atoms with E-state index in [1.54, 1.807) is 0 Å². The van der Waals surface area contributed by atoms with Crippen LogP contribution in [0.2, 0.25) is 0 Å². The van der Waals surface area contributed by atoms with Crippen molar-refractivity contribution in [2.75, 3.05) is 13.2 Å². The molecule has 0 spiro atoms. The number of ether oxygens (including phenoxy) is 3. The quantitative estimate of drug-likeness (QED) is 0.205. The average Bonchev–Trinajstić information content (AvgIpc) is 2.55. The molecule has 0 aromatic carbocycles. The van der Waals surface area contributed by atoms with Crippen LogP contribution in [-0.4, -0.2) is 24.8 Å². The van der Waals surface area contributed by atoms with Crippen LogP contribution in [0.15, 0.2) is 0 Å². The fourth-order valence-corrected chi connectivity index (χ4v) is 2.59. The first kappa shape index (κ1) is 24.9. The Morgan fingerprint density at radius 1 is 0.760 bits per heavy atom. The van der Waals surface area contributed by atoms with Crippen molar-refractivity contribution in [2.45, 2.75) is 124 Å². The number of unbranched alkanes of at least 4 members (excludes halogenated alkanes) is 5. The van der Waals surface area contributed by atoms with Crippen LogP contribution in [0.3, 0.4) is 0 Å². The smallest absolute Gasteiger partial charge is 0.283 e. The van der Waals surface area contributed by atoms with Gasteiger partial charge < -0.3 is 14.2 Å². The van der Waals surface area contributed by atoms with Crippen LogP contribution in [0, 0.1) is 5.92 Å². The normalized spacial score (nSPS) is 14.9. The Bertz CT molecular complexity index is 288. The van der Waals surface area contributed by atoms with Gasteiger partial charge in [-0.3, -0.25) is 0 Å². The first-order valence-corrected chi connectivity index (χ1v) is 10.8. The number of hydrogen-bond donors (Lipinski definition) is 0. The van der Waals surface area contributed by atoms with Gasteiger partial charge in [0.25, 0.3) is 5.97 Å². The first-order chi connectivity index (χ1) is 11.8. The molecule has 0 aromatic rings. The lowest BCUT2D eigenvalue weighted by Gasteiger charge is -2.40. The van der Waals surface area contributed by atoms with Crippen LogP contribution >= 0.6 is 0 Å². The molecule has 0 aliphatic rings. The van der Waals surface area contributed by atoms with Crippen LogP contribution in [0.5, 0.6) is 0 Å².